The molecule has 0 saturated carbocycles. The Kier molecular flexibility index (Phi) is 7.35. The Morgan fingerprint density at radius 1 is 0.833 bits per heavy atom. The smallest absolute Gasteiger partial charge is 0.270 e. The van der Waals surface area contributed by atoms with Crippen molar-refractivity contribution in [3.05, 3.63) is 128 Å². The van der Waals surface area contributed by atoms with Crippen LogP contribution in [0, 0.1) is 0 Å². The van der Waals surface area contributed by atoms with Gasteiger partial charge in [0.25, 0.3) is 5.56 Å². The summed E-state index contributed by atoms with van der Waals surface area (Å²) in [5.41, 5.74) is 4.93. The molecule has 1 aliphatic heterocycles. The number of rotatable bonds is 8. The van der Waals surface area contributed by atoms with Gasteiger partial charge in [0.05, 0.1) is 12.2 Å². The fourth-order valence-corrected chi connectivity index (χ4v) is 5.00. The quantitative estimate of drug-likeness (QED) is 0.394. The summed E-state index contributed by atoms with van der Waals surface area (Å²) >= 11 is 6.08. The molecule has 2 heterocycles. The SMILES string of the molecule is O=C(Cn1c2c(c(=O)n1Cc1ccccc1)CCN(Cc1ccccc1)C2)NCc1cccc(Cl)c1. The van der Waals surface area contributed by atoms with E-state index >= 15 is 0 Å². The summed E-state index contributed by atoms with van der Waals surface area (Å²) in [6, 6.07) is 27.7. The second-order valence-corrected chi connectivity index (χ2v) is 9.62. The van der Waals surface area contributed by atoms with Gasteiger partial charge in [-0.1, -0.05) is 84.4 Å². The van der Waals surface area contributed by atoms with Crippen molar-refractivity contribution < 1.29 is 4.79 Å². The minimum atomic E-state index is -0.144. The molecule has 0 fully saturated rings. The van der Waals surface area contributed by atoms with Crippen molar-refractivity contribution in [3.63, 3.8) is 0 Å². The molecule has 4 aromatic rings. The third-order valence-corrected chi connectivity index (χ3v) is 6.83. The zero-order chi connectivity index (χ0) is 24.9. The summed E-state index contributed by atoms with van der Waals surface area (Å²) in [7, 11) is 0. The first-order chi connectivity index (χ1) is 17.6. The number of amides is 1. The van der Waals surface area contributed by atoms with Crippen LogP contribution in [0.15, 0.2) is 89.7 Å². The highest BCUT2D eigenvalue weighted by Crippen LogP contribution is 2.20. The van der Waals surface area contributed by atoms with E-state index in [0.29, 0.717) is 31.1 Å². The number of hydrogen-bond donors (Lipinski definition) is 1. The fraction of sp³-hybridized carbons (Fsp3) is 0.241. The molecule has 7 heteroatoms. The topological polar surface area (TPSA) is 59.3 Å². The van der Waals surface area contributed by atoms with Crippen molar-refractivity contribution >= 4 is 17.5 Å². The van der Waals surface area contributed by atoms with Crippen LogP contribution >= 0.6 is 11.6 Å². The Morgan fingerprint density at radius 3 is 2.19 bits per heavy atom. The number of fused-ring (bicyclic) bond motifs is 1. The summed E-state index contributed by atoms with van der Waals surface area (Å²) in [6.07, 6.45) is 0.674. The zero-order valence-corrected chi connectivity index (χ0v) is 20.8. The van der Waals surface area contributed by atoms with Gasteiger partial charge in [0.15, 0.2) is 0 Å². The third kappa shape index (κ3) is 5.61. The van der Waals surface area contributed by atoms with Crippen LogP contribution in [0.1, 0.15) is 27.9 Å². The van der Waals surface area contributed by atoms with Gasteiger partial charge in [-0.25, -0.2) is 4.68 Å². The van der Waals surface area contributed by atoms with E-state index in [1.54, 1.807) is 4.68 Å². The van der Waals surface area contributed by atoms with Crippen LogP contribution < -0.4 is 10.9 Å². The maximum atomic E-state index is 13.5. The molecule has 3 aromatic carbocycles. The molecule has 0 aliphatic carbocycles. The molecule has 1 aliphatic rings. The van der Waals surface area contributed by atoms with E-state index in [-0.39, 0.29) is 18.0 Å². The number of halogens is 1. The normalized spacial score (nSPS) is 13.4. The lowest BCUT2D eigenvalue weighted by Crippen LogP contribution is -2.34. The van der Waals surface area contributed by atoms with E-state index in [2.05, 4.69) is 22.3 Å². The van der Waals surface area contributed by atoms with Gasteiger partial charge in [-0.2, -0.15) is 0 Å². The summed E-state index contributed by atoms with van der Waals surface area (Å²) < 4.78 is 3.61. The average molecular weight is 501 g/mol. The molecule has 1 aromatic heterocycles. The maximum absolute atomic E-state index is 13.5. The number of nitrogens with one attached hydrogen (secondary N) is 1. The van der Waals surface area contributed by atoms with Gasteiger partial charge in [-0.3, -0.25) is 19.2 Å². The molecule has 0 bridgehead atoms. The lowest BCUT2D eigenvalue weighted by molar-refractivity contribution is -0.122. The Bertz CT molecular complexity index is 1400. The first-order valence-corrected chi connectivity index (χ1v) is 12.6. The van der Waals surface area contributed by atoms with Gasteiger partial charge in [-0.05, 0) is 35.2 Å². The summed E-state index contributed by atoms with van der Waals surface area (Å²) in [6.45, 7) is 3.13. The largest absolute Gasteiger partial charge is 0.350 e. The van der Waals surface area contributed by atoms with Crippen molar-refractivity contribution in [2.24, 2.45) is 0 Å². The average Bonchev–Trinajstić information content (AvgIpc) is 3.14. The Hall–Kier alpha value is -3.61. The molecular weight excluding hydrogens is 472 g/mol. The maximum Gasteiger partial charge on any atom is 0.270 e. The number of hydrogen-bond acceptors (Lipinski definition) is 3. The van der Waals surface area contributed by atoms with Gasteiger partial charge in [0.2, 0.25) is 5.91 Å². The standard InChI is InChI=1S/C29H29ClN4O2/c30-25-13-7-12-24(16-25)17-31-28(35)21-33-27-20-32(18-22-8-3-1-4-9-22)15-14-26(27)29(36)34(33)19-23-10-5-2-6-11-23/h1-13,16H,14-15,17-21H2,(H,31,35). The molecule has 0 radical (unpaired) electrons. The van der Waals surface area contributed by atoms with Crippen LogP contribution in [0.3, 0.4) is 0 Å². The molecule has 0 spiro atoms. The van der Waals surface area contributed by atoms with Crippen LogP contribution in [-0.2, 0) is 43.9 Å². The van der Waals surface area contributed by atoms with E-state index in [1.165, 1.54) is 5.56 Å². The molecule has 36 heavy (non-hydrogen) atoms. The fourth-order valence-electron chi connectivity index (χ4n) is 4.79. The highest BCUT2D eigenvalue weighted by Gasteiger charge is 2.27. The van der Waals surface area contributed by atoms with Crippen LogP contribution in [0.4, 0.5) is 0 Å². The molecule has 6 nitrogen and oxygen atoms in total. The predicted octanol–water partition coefficient (Wildman–Crippen LogP) is 4.23. The summed E-state index contributed by atoms with van der Waals surface area (Å²) in [5.74, 6) is -0.144. The van der Waals surface area contributed by atoms with Gasteiger partial charge in [-0.15, -0.1) is 0 Å². The van der Waals surface area contributed by atoms with Gasteiger partial charge in [0, 0.05) is 36.8 Å². The zero-order valence-electron chi connectivity index (χ0n) is 20.1. The van der Waals surface area contributed by atoms with Crippen molar-refractivity contribution in [2.75, 3.05) is 6.54 Å². The van der Waals surface area contributed by atoms with E-state index in [1.807, 2.05) is 77.5 Å². The Balaban J connectivity index is 1.40. The lowest BCUT2D eigenvalue weighted by atomic mass is 10.1. The number of benzene rings is 3. The first-order valence-electron chi connectivity index (χ1n) is 12.2. The van der Waals surface area contributed by atoms with E-state index < -0.39 is 0 Å². The lowest BCUT2D eigenvalue weighted by Gasteiger charge is -2.27. The van der Waals surface area contributed by atoms with Crippen LogP contribution in [0.2, 0.25) is 5.02 Å². The monoisotopic (exact) mass is 500 g/mol. The molecular formula is C29H29ClN4O2. The molecule has 5 rings (SSSR count). The van der Waals surface area contributed by atoms with Crippen molar-refractivity contribution in [1.29, 1.82) is 0 Å². The third-order valence-electron chi connectivity index (χ3n) is 6.59. The molecule has 0 unspecified atom stereocenters. The van der Waals surface area contributed by atoms with Gasteiger partial charge in [0.1, 0.15) is 6.54 Å². The van der Waals surface area contributed by atoms with Crippen LogP contribution in [0.5, 0.6) is 0 Å². The van der Waals surface area contributed by atoms with Gasteiger partial charge < -0.3 is 5.32 Å². The van der Waals surface area contributed by atoms with Crippen molar-refractivity contribution in [2.45, 2.75) is 39.1 Å². The minimum Gasteiger partial charge on any atom is -0.350 e. The number of aromatic nitrogens is 2. The molecule has 0 atom stereocenters. The molecule has 1 amide bonds. The van der Waals surface area contributed by atoms with E-state index in [0.717, 1.165) is 35.5 Å². The number of carbonyl (C=O) groups excluding carboxylic acids is 1. The van der Waals surface area contributed by atoms with E-state index in [4.69, 9.17) is 11.6 Å². The van der Waals surface area contributed by atoms with Gasteiger partial charge >= 0.3 is 0 Å². The van der Waals surface area contributed by atoms with E-state index in [9.17, 15) is 9.59 Å². The number of nitrogens with zero attached hydrogens (tertiary/aromatic N) is 3. The summed E-state index contributed by atoms with van der Waals surface area (Å²) in [4.78, 5) is 28.9. The predicted molar refractivity (Wildman–Crippen MR) is 142 cm³/mol. The Morgan fingerprint density at radius 2 is 1.50 bits per heavy atom. The molecule has 184 valence electrons. The van der Waals surface area contributed by atoms with Crippen LogP contribution in [0.25, 0.3) is 0 Å². The van der Waals surface area contributed by atoms with Crippen molar-refractivity contribution in [3.8, 4) is 0 Å². The summed E-state index contributed by atoms with van der Waals surface area (Å²) in [5, 5.41) is 3.62. The molecule has 1 N–H and O–H groups in total. The Labute approximate surface area is 215 Å². The van der Waals surface area contributed by atoms with Crippen LogP contribution in [-0.4, -0.2) is 26.7 Å². The van der Waals surface area contributed by atoms with Crippen molar-refractivity contribution in [1.82, 2.24) is 19.6 Å². The second kappa shape index (κ2) is 11.0. The number of carbonyl (C=O) groups is 1. The second-order valence-electron chi connectivity index (χ2n) is 9.18. The highest BCUT2D eigenvalue weighted by molar-refractivity contribution is 6.30. The minimum absolute atomic E-state index is 0.00384. The first kappa shape index (κ1) is 24.1. The highest BCUT2D eigenvalue weighted by atomic mass is 35.5. The molecule has 0 saturated heterocycles.